The summed E-state index contributed by atoms with van der Waals surface area (Å²) in [6, 6.07) is 9.72. The van der Waals surface area contributed by atoms with Crippen LogP contribution in [-0.4, -0.2) is 46.6 Å². The molecule has 1 aromatic carbocycles. The Morgan fingerprint density at radius 3 is 2.63 bits per heavy atom. The van der Waals surface area contributed by atoms with Gasteiger partial charge in [0, 0.05) is 17.8 Å². The van der Waals surface area contributed by atoms with Gasteiger partial charge in [-0.2, -0.15) is 10.2 Å². The van der Waals surface area contributed by atoms with E-state index >= 15 is 0 Å². The maximum atomic E-state index is 13.0. The van der Waals surface area contributed by atoms with Crippen LogP contribution in [0.4, 0.5) is 4.39 Å². The summed E-state index contributed by atoms with van der Waals surface area (Å²) < 4.78 is 22.1. The summed E-state index contributed by atoms with van der Waals surface area (Å²) in [5.41, 5.74) is 5.65. The van der Waals surface area contributed by atoms with Crippen LogP contribution in [-0.2, 0) is 13.2 Å². The molecule has 4 aromatic heterocycles. The fourth-order valence-electron chi connectivity index (χ4n) is 4.30. The van der Waals surface area contributed by atoms with Crippen molar-refractivity contribution in [1.29, 1.82) is 0 Å². The number of rotatable bonds is 7. The second-order valence-corrected chi connectivity index (χ2v) is 8.68. The van der Waals surface area contributed by atoms with Crippen molar-refractivity contribution in [2.24, 2.45) is 0 Å². The number of methoxy groups -OCH3 is 1. The molecule has 6 rings (SSSR count). The fourth-order valence-corrected chi connectivity index (χ4v) is 4.30. The Hall–Kier alpha value is -4.21. The summed E-state index contributed by atoms with van der Waals surface area (Å²) in [6.07, 6.45) is 7.26. The molecule has 10 heteroatoms. The maximum Gasteiger partial charge on any atom is 0.227 e. The molecule has 5 aromatic rings. The Balaban J connectivity index is 1.33. The molecular weight excluding hydrogens is 447 g/mol. The molecule has 0 aliphatic heterocycles. The van der Waals surface area contributed by atoms with E-state index in [4.69, 9.17) is 9.72 Å². The summed E-state index contributed by atoms with van der Waals surface area (Å²) in [5, 5.41) is 9.69. The number of ether oxygens (including phenoxy) is 1. The molecule has 9 nitrogen and oxygen atoms in total. The molecule has 1 aliphatic carbocycles. The number of hydrogen-bond acceptors (Lipinski definition) is 7. The lowest BCUT2D eigenvalue weighted by molar-refractivity contribution is 0.397. The van der Waals surface area contributed by atoms with Crippen LogP contribution in [0.5, 0.6) is 5.88 Å². The first-order chi connectivity index (χ1) is 17.1. The Kier molecular flexibility index (Phi) is 5.20. The smallest absolute Gasteiger partial charge is 0.227 e. The lowest BCUT2D eigenvalue weighted by atomic mass is 10.1. The van der Waals surface area contributed by atoms with Crippen molar-refractivity contribution in [1.82, 2.24) is 39.5 Å². The summed E-state index contributed by atoms with van der Waals surface area (Å²) in [4.78, 5) is 18.2. The van der Waals surface area contributed by atoms with Crippen LogP contribution < -0.4 is 4.74 Å². The van der Waals surface area contributed by atoms with Gasteiger partial charge in [-0.15, -0.1) is 0 Å². The minimum Gasteiger partial charge on any atom is -0.480 e. The highest BCUT2D eigenvalue weighted by atomic mass is 19.1. The molecule has 35 heavy (non-hydrogen) atoms. The molecular formula is C25H23FN8O. The third-order valence-electron chi connectivity index (χ3n) is 6.19. The van der Waals surface area contributed by atoms with E-state index in [9.17, 15) is 4.39 Å². The van der Waals surface area contributed by atoms with Gasteiger partial charge in [-0.25, -0.2) is 33.7 Å². The zero-order chi connectivity index (χ0) is 23.9. The van der Waals surface area contributed by atoms with Crippen molar-refractivity contribution >= 4 is 11.0 Å². The van der Waals surface area contributed by atoms with Crippen LogP contribution in [0.3, 0.4) is 0 Å². The number of halogens is 1. The third kappa shape index (κ3) is 3.90. The molecule has 0 atom stereocenters. The summed E-state index contributed by atoms with van der Waals surface area (Å²) in [6.45, 7) is 1.87. The normalized spacial score (nSPS) is 13.5. The molecule has 0 amide bonds. The van der Waals surface area contributed by atoms with Crippen molar-refractivity contribution in [3.63, 3.8) is 0 Å². The quantitative estimate of drug-likeness (QED) is 0.352. The van der Waals surface area contributed by atoms with Gasteiger partial charge in [-0.05, 0) is 43.5 Å². The van der Waals surface area contributed by atoms with Gasteiger partial charge in [-0.1, -0.05) is 12.1 Å². The highest BCUT2D eigenvalue weighted by Crippen LogP contribution is 2.44. The van der Waals surface area contributed by atoms with Crippen LogP contribution >= 0.6 is 0 Å². The van der Waals surface area contributed by atoms with Crippen LogP contribution in [0.15, 0.2) is 49.1 Å². The molecule has 0 N–H and O–H groups in total. The van der Waals surface area contributed by atoms with Crippen molar-refractivity contribution in [2.75, 3.05) is 7.11 Å². The second kappa shape index (κ2) is 8.53. The Morgan fingerprint density at radius 2 is 1.91 bits per heavy atom. The van der Waals surface area contributed by atoms with E-state index in [0.717, 1.165) is 52.1 Å². The van der Waals surface area contributed by atoms with Crippen LogP contribution in [0, 0.1) is 6.92 Å². The van der Waals surface area contributed by atoms with E-state index in [2.05, 4.69) is 25.1 Å². The molecule has 1 fully saturated rings. The van der Waals surface area contributed by atoms with Gasteiger partial charge < -0.3 is 4.74 Å². The van der Waals surface area contributed by atoms with Crippen molar-refractivity contribution < 1.29 is 9.13 Å². The average molecular weight is 471 g/mol. The van der Waals surface area contributed by atoms with Crippen molar-refractivity contribution in [2.45, 2.75) is 38.9 Å². The molecule has 176 valence electrons. The highest BCUT2D eigenvalue weighted by Gasteiger charge is 2.31. The topological polar surface area (TPSA) is 96.4 Å². The van der Waals surface area contributed by atoms with Gasteiger partial charge in [0.2, 0.25) is 5.88 Å². The van der Waals surface area contributed by atoms with Gasteiger partial charge in [0.1, 0.15) is 18.6 Å². The predicted octanol–water partition coefficient (Wildman–Crippen LogP) is 4.18. The number of alkyl halides is 1. The molecule has 4 heterocycles. The van der Waals surface area contributed by atoms with Gasteiger partial charge in [0.25, 0.3) is 0 Å². The fraction of sp³-hybridized carbons (Fsp3) is 0.280. The Labute approximate surface area is 200 Å². The van der Waals surface area contributed by atoms with Crippen LogP contribution in [0.2, 0.25) is 0 Å². The van der Waals surface area contributed by atoms with Gasteiger partial charge in [-0.3, -0.25) is 0 Å². The van der Waals surface area contributed by atoms with Crippen LogP contribution in [0.1, 0.15) is 41.4 Å². The number of aryl methyl sites for hydroxylation is 1. The zero-order valence-corrected chi connectivity index (χ0v) is 19.4. The van der Waals surface area contributed by atoms with Gasteiger partial charge in [0.15, 0.2) is 11.5 Å². The monoisotopic (exact) mass is 470 g/mol. The van der Waals surface area contributed by atoms with Crippen LogP contribution in [0.25, 0.3) is 28.1 Å². The lowest BCUT2D eigenvalue weighted by Crippen LogP contribution is -2.06. The molecule has 0 unspecified atom stereocenters. The minimum absolute atomic E-state index is 0.393. The molecule has 0 saturated heterocycles. The number of aromatic nitrogens is 8. The second-order valence-electron chi connectivity index (χ2n) is 8.68. The average Bonchev–Trinajstić information content (AvgIpc) is 3.57. The van der Waals surface area contributed by atoms with Crippen molar-refractivity contribution in [3.8, 4) is 23.0 Å². The highest BCUT2D eigenvalue weighted by molar-refractivity contribution is 5.77. The first-order valence-electron chi connectivity index (χ1n) is 11.4. The number of benzene rings is 1. The summed E-state index contributed by atoms with van der Waals surface area (Å²) in [7, 11) is 1.60. The van der Waals surface area contributed by atoms with Gasteiger partial charge in [0.05, 0.1) is 42.3 Å². The number of hydrogen-bond donors (Lipinski definition) is 0. The standard InChI is InChI=1S/C25H23FN8O/c1-15-9-19(10-26)32-34(15)20-7-3-16(4-8-20)13-33-24-18(12-30-33)11-27-23(31-24)21-22(17-5-6-17)28-14-29-25(21)35-2/h3-4,7-9,11-12,14,17H,5-6,10,13H2,1-2H3. The largest absolute Gasteiger partial charge is 0.480 e. The molecule has 0 spiro atoms. The summed E-state index contributed by atoms with van der Waals surface area (Å²) >= 11 is 0. The minimum atomic E-state index is -0.578. The van der Waals surface area contributed by atoms with Crippen molar-refractivity contribution in [3.05, 3.63) is 71.7 Å². The first kappa shape index (κ1) is 21.3. The summed E-state index contributed by atoms with van der Waals surface area (Å²) in [5.74, 6) is 1.41. The van der Waals surface area contributed by atoms with E-state index < -0.39 is 6.67 Å². The van der Waals surface area contributed by atoms with E-state index in [1.165, 1.54) is 6.33 Å². The van der Waals surface area contributed by atoms with Gasteiger partial charge >= 0.3 is 0 Å². The Morgan fingerprint density at radius 1 is 1.09 bits per heavy atom. The molecule has 0 radical (unpaired) electrons. The molecule has 1 saturated carbocycles. The number of fused-ring (bicyclic) bond motifs is 1. The number of nitrogens with zero attached hydrogens (tertiary/aromatic N) is 8. The van der Waals surface area contributed by atoms with E-state index in [-0.39, 0.29) is 0 Å². The predicted molar refractivity (Wildman–Crippen MR) is 127 cm³/mol. The van der Waals surface area contributed by atoms with E-state index in [1.807, 2.05) is 35.9 Å². The lowest BCUT2D eigenvalue weighted by Gasteiger charge is -2.11. The Bertz CT molecular complexity index is 1520. The first-order valence-corrected chi connectivity index (χ1v) is 11.4. The van der Waals surface area contributed by atoms with E-state index in [0.29, 0.717) is 29.9 Å². The van der Waals surface area contributed by atoms with E-state index in [1.54, 1.807) is 30.3 Å². The maximum absolute atomic E-state index is 13.0. The third-order valence-corrected chi connectivity index (χ3v) is 6.19. The SMILES string of the molecule is COc1ncnc(C2CC2)c1-c1ncc2cnn(Cc3ccc(-n4nc(CF)cc4C)cc3)c2n1. The zero-order valence-electron chi connectivity index (χ0n) is 19.4. The molecule has 1 aliphatic rings. The molecule has 0 bridgehead atoms.